The number of amides is 1. The lowest BCUT2D eigenvalue weighted by Crippen LogP contribution is -2.18. The number of anilines is 1. The molecule has 3 aromatic carbocycles. The van der Waals surface area contributed by atoms with E-state index in [2.05, 4.69) is 10.3 Å². The van der Waals surface area contributed by atoms with Crippen LogP contribution in [0.3, 0.4) is 0 Å². The summed E-state index contributed by atoms with van der Waals surface area (Å²) < 4.78 is 12.1. The Balaban J connectivity index is 1.52. The Bertz CT molecular complexity index is 1300. The summed E-state index contributed by atoms with van der Waals surface area (Å²) in [5, 5.41) is 2.82. The second-order valence-corrected chi connectivity index (χ2v) is 7.79. The van der Waals surface area contributed by atoms with Crippen molar-refractivity contribution in [3.05, 3.63) is 96.3 Å². The van der Waals surface area contributed by atoms with E-state index in [4.69, 9.17) is 9.47 Å². The predicted octanol–water partition coefficient (Wildman–Crippen LogP) is 5.85. The van der Waals surface area contributed by atoms with E-state index < -0.39 is 12.2 Å². The zero-order chi connectivity index (χ0) is 24.1. The number of imidazole rings is 1. The van der Waals surface area contributed by atoms with Crippen LogP contribution in [0.5, 0.6) is 0 Å². The fraction of sp³-hybridized carbons (Fsp3) is 0.148. The minimum Gasteiger partial charge on any atom is -0.465 e. The first-order valence-corrected chi connectivity index (χ1v) is 10.8. The number of carbonyl (C=O) groups excluding carboxylic acids is 2. The average molecular weight is 456 g/mol. The van der Waals surface area contributed by atoms with Crippen molar-refractivity contribution in [2.24, 2.45) is 7.05 Å². The molecule has 0 fully saturated rings. The Morgan fingerprint density at radius 1 is 0.912 bits per heavy atom. The molecule has 34 heavy (non-hydrogen) atoms. The van der Waals surface area contributed by atoms with Gasteiger partial charge in [-0.2, -0.15) is 0 Å². The summed E-state index contributed by atoms with van der Waals surface area (Å²) in [6.07, 6.45) is 0.689. The number of methoxy groups -OCH3 is 1. The lowest BCUT2D eigenvalue weighted by atomic mass is 10.0. The molecule has 0 radical (unpaired) electrons. The van der Waals surface area contributed by atoms with Crippen LogP contribution in [0.1, 0.15) is 28.9 Å². The zero-order valence-corrected chi connectivity index (χ0v) is 19.2. The van der Waals surface area contributed by atoms with Crippen molar-refractivity contribution < 1.29 is 19.1 Å². The average Bonchev–Trinajstić information content (AvgIpc) is 3.23. The van der Waals surface area contributed by atoms with Crippen LogP contribution in [0.4, 0.5) is 10.6 Å². The molecule has 4 aromatic rings. The maximum Gasteiger partial charge on any atom is 0.413 e. The first-order chi connectivity index (χ1) is 16.5. The van der Waals surface area contributed by atoms with Gasteiger partial charge in [-0.05, 0) is 35.7 Å². The highest BCUT2D eigenvalue weighted by Gasteiger charge is 2.17. The standard InChI is InChI=1S/C27H25N3O4/c1-18(19-8-5-4-6-9-19)34-27(32)29-25-24(28-17-30(25)2)21-14-12-20(13-15-21)22-10-7-11-23(16-22)26(31)33-3/h4-18H,1-3H3,(H,29,32)/t18-/m1/s1. The molecule has 4 rings (SSSR count). The summed E-state index contributed by atoms with van der Waals surface area (Å²) in [7, 11) is 3.17. The first kappa shape index (κ1) is 22.8. The van der Waals surface area contributed by atoms with Crippen molar-refractivity contribution in [2.45, 2.75) is 13.0 Å². The fourth-order valence-corrected chi connectivity index (χ4v) is 3.63. The lowest BCUT2D eigenvalue weighted by molar-refractivity contribution is 0.0600. The van der Waals surface area contributed by atoms with E-state index in [0.717, 1.165) is 22.3 Å². The van der Waals surface area contributed by atoms with Crippen LogP contribution >= 0.6 is 0 Å². The summed E-state index contributed by atoms with van der Waals surface area (Å²) in [6.45, 7) is 1.83. The molecule has 0 saturated carbocycles. The normalized spacial score (nSPS) is 11.5. The number of nitrogens with one attached hydrogen (secondary N) is 1. The van der Waals surface area contributed by atoms with Crippen LogP contribution in [0.25, 0.3) is 22.4 Å². The number of hydrogen-bond donors (Lipinski definition) is 1. The second kappa shape index (κ2) is 10.0. The minimum absolute atomic E-state index is 0.379. The van der Waals surface area contributed by atoms with Gasteiger partial charge in [-0.25, -0.2) is 14.6 Å². The molecule has 7 heteroatoms. The Morgan fingerprint density at radius 3 is 2.32 bits per heavy atom. The smallest absolute Gasteiger partial charge is 0.413 e. The highest BCUT2D eigenvalue weighted by molar-refractivity contribution is 5.91. The molecule has 0 spiro atoms. The van der Waals surface area contributed by atoms with Gasteiger partial charge in [-0.15, -0.1) is 0 Å². The van der Waals surface area contributed by atoms with Crippen molar-refractivity contribution in [3.63, 3.8) is 0 Å². The third-order valence-electron chi connectivity index (χ3n) is 5.49. The second-order valence-electron chi connectivity index (χ2n) is 7.79. The van der Waals surface area contributed by atoms with E-state index in [9.17, 15) is 9.59 Å². The molecule has 0 aliphatic rings. The van der Waals surface area contributed by atoms with Crippen LogP contribution < -0.4 is 5.32 Å². The van der Waals surface area contributed by atoms with Gasteiger partial charge in [0.2, 0.25) is 0 Å². The number of benzene rings is 3. The van der Waals surface area contributed by atoms with Gasteiger partial charge in [0.05, 0.1) is 19.0 Å². The van der Waals surface area contributed by atoms with E-state index in [1.807, 2.05) is 73.7 Å². The Kier molecular flexibility index (Phi) is 6.73. The summed E-state index contributed by atoms with van der Waals surface area (Å²) in [6, 6.07) is 24.5. The highest BCUT2D eigenvalue weighted by Crippen LogP contribution is 2.29. The number of rotatable bonds is 6. The summed E-state index contributed by atoms with van der Waals surface area (Å²) in [5.74, 6) is 0.154. The van der Waals surface area contributed by atoms with E-state index >= 15 is 0 Å². The number of nitrogens with zero attached hydrogens (tertiary/aromatic N) is 2. The molecule has 0 aliphatic heterocycles. The fourth-order valence-electron chi connectivity index (χ4n) is 3.63. The van der Waals surface area contributed by atoms with Gasteiger partial charge in [-0.3, -0.25) is 5.32 Å². The predicted molar refractivity (Wildman–Crippen MR) is 130 cm³/mol. The molecule has 1 aromatic heterocycles. The lowest BCUT2D eigenvalue weighted by Gasteiger charge is -2.15. The van der Waals surface area contributed by atoms with Gasteiger partial charge in [0.25, 0.3) is 0 Å². The first-order valence-electron chi connectivity index (χ1n) is 10.8. The summed E-state index contributed by atoms with van der Waals surface area (Å²) in [4.78, 5) is 28.9. The minimum atomic E-state index is -0.558. The van der Waals surface area contributed by atoms with Crippen molar-refractivity contribution in [1.29, 1.82) is 0 Å². The summed E-state index contributed by atoms with van der Waals surface area (Å²) in [5.41, 5.74) is 4.70. The molecule has 1 heterocycles. The van der Waals surface area contributed by atoms with Crippen molar-refractivity contribution in [3.8, 4) is 22.4 Å². The van der Waals surface area contributed by atoms with Crippen LogP contribution in [-0.4, -0.2) is 28.7 Å². The molecule has 1 amide bonds. The molecule has 0 unspecified atom stereocenters. The Hall–Kier alpha value is -4.39. The molecular weight excluding hydrogens is 430 g/mol. The quantitative estimate of drug-likeness (QED) is 0.369. The van der Waals surface area contributed by atoms with Gasteiger partial charge in [0, 0.05) is 12.6 Å². The van der Waals surface area contributed by atoms with Gasteiger partial charge in [0.15, 0.2) is 0 Å². The van der Waals surface area contributed by atoms with Gasteiger partial charge in [-0.1, -0.05) is 66.7 Å². The van der Waals surface area contributed by atoms with Crippen molar-refractivity contribution >= 4 is 17.9 Å². The van der Waals surface area contributed by atoms with Crippen LogP contribution in [0.15, 0.2) is 85.2 Å². The van der Waals surface area contributed by atoms with E-state index in [1.54, 1.807) is 30.1 Å². The van der Waals surface area contributed by atoms with Crippen molar-refractivity contribution in [2.75, 3.05) is 12.4 Å². The molecular formula is C27H25N3O4. The Labute approximate surface area is 198 Å². The van der Waals surface area contributed by atoms with Gasteiger partial charge < -0.3 is 14.0 Å². The number of hydrogen-bond acceptors (Lipinski definition) is 5. The van der Waals surface area contributed by atoms with Crippen molar-refractivity contribution in [1.82, 2.24) is 9.55 Å². The van der Waals surface area contributed by atoms with Crippen LogP contribution in [0, 0.1) is 0 Å². The van der Waals surface area contributed by atoms with E-state index in [0.29, 0.717) is 17.1 Å². The largest absolute Gasteiger partial charge is 0.465 e. The SMILES string of the molecule is COC(=O)c1cccc(-c2ccc(-c3ncn(C)c3NC(=O)O[C@H](C)c3ccccc3)cc2)c1. The number of aromatic nitrogens is 2. The number of ether oxygens (including phenoxy) is 2. The summed E-state index contributed by atoms with van der Waals surface area (Å²) >= 11 is 0. The van der Waals surface area contributed by atoms with Crippen LogP contribution in [-0.2, 0) is 16.5 Å². The maximum absolute atomic E-state index is 12.6. The van der Waals surface area contributed by atoms with E-state index in [-0.39, 0.29) is 5.97 Å². The maximum atomic E-state index is 12.6. The number of carbonyl (C=O) groups is 2. The topological polar surface area (TPSA) is 82.5 Å². The zero-order valence-electron chi connectivity index (χ0n) is 19.2. The number of esters is 1. The Morgan fingerprint density at radius 2 is 1.62 bits per heavy atom. The monoisotopic (exact) mass is 455 g/mol. The van der Waals surface area contributed by atoms with Gasteiger partial charge >= 0.3 is 12.1 Å². The van der Waals surface area contributed by atoms with Gasteiger partial charge in [0.1, 0.15) is 17.6 Å². The van der Waals surface area contributed by atoms with Crippen LogP contribution in [0.2, 0.25) is 0 Å². The molecule has 1 atom stereocenters. The van der Waals surface area contributed by atoms with E-state index in [1.165, 1.54) is 7.11 Å². The molecule has 0 aliphatic carbocycles. The molecule has 7 nitrogen and oxygen atoms in total. The molecule has 0 saturated heterocycles. The number of aryl methyl sites for hydroxylation is 1. The third kappa shape index (κ3) is 4.99. The molecule has 172 valence electrons. The molecule has 0 bridgehead atoms. The highest BCUT2D eigenvalue weighted by atomic mass is 16.6. The third-order valence-corrected chi connectivity index (χ3v) is 5.49. The molecule has 1 N–H and O–H groups in total.